The fourth-order valence-corrected chi connectivity index (χ4v) is 12.3. The first kappa shape index (κ1) is 78.9. The molecule has 488 valence electrons. The number of nitrogens with one attached hydrogen (secondary N) is 1. The minimum absolute atomic E-state index is 0.166. The lowest BCUT2D eigenvalue weighted by atomic mass is 9.99. The van der Waals surface area contributed by atoms with Crippen molar-refractivity contribution in [2.75, 3.05) is 13.2 Å². The minimum Gasteiger partial charge on any atom is -0.394 e. The Labute approximate surface area is 509 Å². The van der Waals surface area contributed by atoms with Crippen molar-refractivity contribution in [2.45, 2.75) is 436 Å². The summed E-state index contributed by atoms with van der Waals surface area (Å²) < 4.78 is 11.3. The molecule has 1 amide bonds. The van der Waals surface area contributed by atoms with Crippen LogP contribution in [-0.4, -0.2) is 87.5 Å². The molecule has 1 rings (SSSR count). The highest BCUT2D eigenvalue weighted by molar-refractivity contribution is 5.76. The Balaban J connectivity index is 2.10. The van der Waals surface area contributed by atoms with Gasteiger partial charge >= 0.3 is 0 Å². The quantitative estimate of drug-likeness (QED) is 0.0261. The molecule has 9 nitrogen and oxygen atoms in total. The van der Waals surface area contributed by atoms with Gasteiger partial charge in [-0.2, -0.15) is 0 Å². The number of aliphatic hydroxyl groups excluding tert-OH is 5. The Morgan fingerprint density at radius 3 is 0.951 bits per heavy atom. The maximum Gasteiger partial charge on any atom is 0.220 e. The number of hydrogen-bond donors (Lipinski definition) is 6. The van der Waals surface area contributed by atoms with Crippen molar-refractivity contribution in [3.8, 4) is 0 Å². The maximum absolute atomic E-state index is 13.1. The zero-order valence-electron chi connectivity index (χ0n) is 54.8. The highest BCUT2D eigenvalue weighted by Gasteiger charge is 2.44. The molecule has 0 bridgehead atoms. The van der Waals surface area contributed by atoms with Crippen molar-refractivity contribution in [2.24, 2.45) is 0 Å². The number of carbonyl (C=O) groups is 1. The molecule has 1 saturated heterocycles. The molecule has 0 aromatic rings. The Kier molecular flexibility index (Phi) is 60.6. The van der Waals surface area contributed by atoms with Gasteiger partial charge in [0.15, 0.2) is 6.29 Å². The van der Waals surface area contributed by atoms with Gasteiger partial charge in [-0.3, -0.25) is 4.79 Å². The van der Waals surface area contributed by atoms with Crippen LogP contribution in [0.15, 0.2) is 12.2 Å². The van der Waals surface area contributed by atoms with E-state index in [0.29, 0.717) is 6.42 Å². The summed E-state index contributed by atoms with van der Waals surface area (Å²) in [6.45, 7) is 3.85. The number of aliphatic hydroxyl groups is 5. The highest BCUT2D eigenvalue weighted by atomic mass is 16.7. The molecule has 0 aliphatic carbocycles. The van der Waals surface area contributed by atoms with E-state index in [1.807, 2.05) is 6.08 Å². The van der Waals surface area contributed by atoms with Crippen molar-refractivity contribution in [3.05, 3.63) is 12.2 Å². The fourth-order valence-electron chi connectivity index (χ4n) is 12.3. The first-order valence-corrected chi connectivity index (χ1v) is 36.9. The summed E-state index contributed by atoms with van der Waals surface area (Å²) in [5.74, 6) is -0.166. The lowest BCUT2D eigenvalue weighted by Gasteiger charge is -2.40. The van der Waals surface area contributed by atoms with Gasteiger partial charge in [0, 0.05) is 6.42 Å². The molecule has 1 aliphatic heterocycles. The van der Waals surface area contributed by atoms with Gasteiger partial charge in [-0.25, -0.2) is 0 Å². The molecule has 9 heteroatoms. The van der Waals surface area contributed by atoms with Crippen LogP contribution in [0.2, 0.25) is 0 Å². The van der Waals surface area contributed by atoms with Crippen molar-refractivity contribution in [1.29, 1.82) is 0 Å². The number of ether oxygens (including phenoxy) is 2. The average Bonchev–Trinajstić information content (AvgIpc) is 3.57. The third-order valence-electron chi connectivity index (χ3n) is 18.1. The number of amides is 1. The van der Waals surface area contributed by atoms with Gasteiger partial charge in [-0.15, -0.1) is 0 Å². The summed E-state index contributed by atoms with van der Waals surface area (Å²) in [5, 5.41) is 54.8. The Hall–Kier alpha value is -1.07. The standard InChI is InChI=1S/C73H143NO8/c1-3-5-7-9-11-13-15-17-19-21-23-25-27-29-31-33-34-35-36-38-40-42-44-46-48-50-52-54-56-58-60-62-67(76)66(65-81-73-72(80)71(79)70(78)68(64-75)82-73)74-69(77)63-61-59-57-55-53-51-49-47-45-43-41-39-37-32-30-28-26-24-22-20-18-16-14-12-10-8-6-4-2/h60,62,66-68,70-73,75-76,78-80H,3-59,61,63-65H2,1-2H3,(H,74,77)/b62-60+. The zero-order valence-corrected chi connectivity index (χ0v) is 54.8. The van der Waals surface area contributed by atoms with Crippen molar-refractivity contribution >= 4 is 5.91 Å². The largest absolute Gasteiger partial charge is 0.394 e. The van der Waals surface area contributed by atoms with Gasteiger partial charge in [0.1, 0.15) is 24.4 Å². The molecular formula is C73H143NO8. The normalized spacial score (nSPS) is 18.3. The van der Waals surface area contributed by atoms with E-state index in [1.54, 1.807) is 6.08 Å². The molecule has 82 heavy (non-hydrogen) atoms. The third-order valence-corrected chi connectivity index (χ3v) is 18.1. The Bertz CT molecular complexity index is 1300. The molecule has 0 aromatic carbocycles. The number of allylic oxidation sites excluding steroid dienone is 1. The summed E-state index contributed by atoms with van der Waals surface area (Å²) >= 11 is 0. The summed E-state index contributed by atoms with van der Waals surface area (Å²) in [5.41, 5.74) is 0. The minimum atomic E-state index is -1.56. The van der Waals surface area contributed by atoms with Crippen molar-refractivity contribution in [1.82, 2.24) is 5.32 Å². The van der Waals surface area contributed by atoms with Crippen molar-refractivity contribution in [3.63, 3.8) is 0 Å². The molecule has 0 radical (unpaired) electrons. The SMILES string of the molecule is CCCCCCCCCCCCCCCCCCCCCCCCCCCCCCC/C=C/C(O)C(COC1OC(CO)C(O)C(O)C1O)NC(=O)CCCCCCCCCCCCCCCCCCCCCCCCCCCCCC. The van der Waals surface area contributed by atoms with E-state index in [9.17, 15) is 30.3 Å². The number of rotatable bonds is 66. The summed E-state index contributed by atoms with van der Waals surface area (Å²) in [7, 11) is 0. The van der Waals surface area contributed by atoms with Crippen molar-refractivity contribution < 1.29 is 39.8 Å². The molecule has 7 atom stereocenters. The van der Waals surface area contributed by atoms with Gasteiger partial charge in [-0.05, 0) is 19.3 Å². The Morgan fingerprint density at radius 2 is 0.671 bits per heavy atom. The second kappa shape index (κ2) is 63.0. The van der Waals surface area contributed by atoms with E-state index in [0.717, 1.165) is 38.5 Å². The molecule has 1 fully saturated rings. The average molecular weight is 1160 g/mol. The molecule has 1 heterocycles. The predicted octanol–water partition coefficient (Wildman–Crippen LogP) is 20.3. The number of hydrogen-bond acceptors (Lipinski definition) is 8. The molecule has 0 saturated carbocycles. The van der Waals surface area contributed by atoms with Gasteiger partial charge < -0.3 is 40.3 Å². The zero-order chi connectivity index (χ0) is 59.3. The lowest BCUT2D eigenvalue weighted by molar-refractivity contribution is -0.302. The van der Waals surface area contributed by atoms with E-state index < -0.39 is 49.5 Å². The van der Waals surface area contributed by atoms with Gasteiger partial charge in [0.2, 0.25) is 5.91 Å². The van der Waals surface area contributed by atoms with Crippen LogP contribution < -0.4 is 5.32 Å². The van der Waals surface area contributed by atoms with Crippen LogP contribution in [-0.2, 0) is 14.3 Å². The van der Waals surface area contributed by atoms with Gasteiger partial charge in [0.25, 0.3) is 0 Å². The first-order chi connectivity index (χ1) is 40.3. The molecule has 1 aliphatic rings. The molecule has 0 aromatic heterocycles. The van der Waals surface area contributed by atoms with Gasteiger partial charge in [0.05, 0.1) is 25.4 Å². The molecule has 7 unspecified atom stereocenters. The van der Waals surface area contributed by atoms with Crippen LogP contribution in [0.25, 0.3) is 0 Å². The van der Waals surface area contributed by atoms with Crippen LogP contribution >= 0.6 is 0 Å². The lowest BCUT2D eigenvalue weighted by Crippen LogP contribution is -2.60. The molecule has 0 spiro atoms. The first-order valence-electron chi connectivity index (χ1n) is 36.9. The van der Waals surface area contributed by atoms with E-state index in [-0.39, 0.29) is 12.5 Å². The van der Waals surface area contributed by atoms with E-state index in [1.165, 1.54) is 334 Å². The Morgan fingerprint density at radius 1 is 0.402 bits per heavy atom. The summed E-state index contributed by atoms with van der Waals surface area (Å²) in [6, 6.07) is -0.802. The second-order valence-electron chi connectivity index (χ2n) is 26.1. The molecular weight excluding hydrogens is 1020 g/mol. The molecule has 6 N–H and O–H groups in total. The topological polar surface area (TPSA) is 149 Å². The smallest absolute Gasteiger partial charge is 0.220 e. The van der Waals surface area contributed by atoms with Crippen LogP contribution in [0.5, 0.6) is 0 Å². The predicted molar refractivity (Wildman–Crippen MR) is 351 cm³/mol. The second-order valence-corrected chi connectivity index (χ2v) is 26.1. The van der Waals surface area contributed by atoms with Crippen LogP contribution in [0.1, 0.15) is 393 Å². The third kappa shape index (κ3) is 51.0. The van der Waals surface area contributed by atoms with Crippen LogP contribution in [0, 0.1) is 0 Å². The van der Waals surface area contributed by atoms with Crippen LogP contribution in [0.3, 0.4) is 0 Å². The van der Waals surface area contributed by atoms with Gasteiger partial charge in [-0.1, -0.05) is 379 Å². The maximum atomic E-state index is 13.1. The van der Waals surface area contributed by atoms with E-state index in [4.69, 9.17) is 9.47 Å². The monoisotopic (exact) mass is 1160 g/mol. The van der Waals surface area contributed by atoms with Crippen LogP contribution in [0.4, 0.5) is 0 Å². The number of carbonyl (C=O) groups excluding carboxylic acids is 1. The highest BCUT2D eigenvalue weighted by Crippen LogP contribution is 2.24. The summed E-state index contributed by atoms with van der Waals surface area (Å²) in [6.07, 6.45) is 74.8. The summed E-state index contributed by atoms with van der Waals surface area (Å²) in [4.78, 5) is 13.1. The number of unbranched alkanes of at least 4 members (excludes halogenated alkanes) is 56. The van der Waals surface area contributed by atoms with E-state index >= 15 is 0 Å². The fraction of sp³-hybridized carbons (Fsp3) is 0.959. The van der Waals surface area contributed by atoms with E-state index in [2.05, 4.69) is 19.2 Å².